The quantitative estimate of drug-likeness (QED) is 0.641. The summed E-state index contributed by atoms with van der Waals surface area (Å²) in [6.07, 6.45) is 2.17. The lowest BCUT2D eigenvalue weighted by Crippen LogP contribution is -2.49. The molecular formula is C18H17F3N6O. The Labute approximate surface area is 158 Å². The van der Waals surface area contributed by atoms with Gasteiger partial charge in [-0.15, -0.1) is 0 Å². The summed E-state index contributed by atoms with van der Waals surface area (Å²) in [5.41, 5.74) is 0.404. The van der Waals surface area contributed by atoms with Crippen molar-refractivity contribution < 1.29 is 18.0 Å². The van der Waals surface area contributed by atoms with Gasteiger partial charge in [0.2, 0.25) is 0 Å². The summed E-state index contributed by atoms with van der Waals surface area (Å²) in [6.45, 7) is 3.54. The molecule has 0 bridgehead atoms. The molecule has 1 aliphatic heterocycles. The van der Waals surface area contributed by atoms with Crippen molar-refractivity contribution in [2.45, 2.75) is 13.3 Å². The predicted octanol–water partition coefficient (Wildman–Crippen LogP) is 2.07. The summed E-state index contributed by atoms with van der Waals surface area (Å²) in [4.78, 5) is 24.5. The Bertz CT molecular complexity index is 1050. The van der Waals surface area contributed by atoms with Crippen molar-refractivity contribution in [3.05, 3.63) is 53.2 Å². The zero-order valence-electron chi connectivity index (χ0n) is 15.1. The van der Waals surface area contributed by atoms with Gasteiger partial charge < -0.3 is 9.80 Å². The number of aryl methyl sites for hydroxylation is 1. The molecule has 3 aromatic rings. The smallest absolute Gasteiger partial charge is 0.257 e. The highest BCUT2D eigenvalue weighted by Crippen LogP contribution is 2.21. The molecule has 0 radical (unpaired) electrons. The summed E-state index contributed by atoms with van der Waals surface area (Å²) in [6, 6.07) is 2.92. The van der Waals surface area contributed by atoms with Gasteiger partial charge in [0.05, 0.1) is 5.56 Å². The van der Waals surface area contributed by atoms with Crippen molar-refractivity contribution >= 4 is 17.5 Å². The number of rotatable bonds is 3. The number of fused-ring (bicyclic) bond motifs is 1. The van der Waals surface area contributed by atoms with Crippen LogP contribution >= 0.6 is 0 Å². The molecule has 0 aliphatic carbocycles. The van der Waals surface area contributed by atoms with Crippen LogP contribution in [0.3, 0.4) is 0 Å². The minimum absolute atomic E-state index is 0.303. The number of nitrogens with zero attached hydrogens (tertiary/aromatic N) is 6. The van der Waals surface area contributed by atoms with Crippen LogP contribution in [0.1, 0.15) is 23.0 Å². The number of aromatic nitrogens is 4. The lowest BCUT2D eigenvalue weighted by atomic mass is 10.1. The van der Waals surface area contributed by atoms with Crippen LogP contribution in [0.15, 0.2) is 24.5 Å². The van der Waals surface area contributed by atoms with Crippen molar-refractivity contribution in [3.63, 3.8) is 0 Å². The molecule has 1 amide bonds. The first-order valence-corrected chi connectivity index (χ1v) is 8.86. The van der Waals surface area contributed by atoms with E-state index in [0.717, 1.165) is 17.9 Å². The molecule has 1 saturated heterocycles. The number of hydrogen-bond acceptors (Lipinski definition) is 5. The minimum Gasteiger partial charge on any atom is -0.353 e. The first-order chi connectivity index (χ1) is 13.5. The molecule has 0 N–H and O–H groups in total. The average Bonchev–Trinajstić information content (AvgIpc) is 3.18. The van der Waals surface area contributed by atoms with E-state index in [4.69, 9.17) is 0 Å². The van der Waals surface area contributed by atoms with Gasteiger partial charge in [0.15, 0.2) is 11.6 Å². The number of carbonyl (C=O) groups excluding carboxylic acids is 1. The van der Waals surface area contributed by atoms with Crippen LogP contribution in [0, 0.1) is 17.5 Å². The molecule has 0 spiro atoms. The highest BCUT2D eigenvalue weighted by Gasteiger charge is 2.27. The van der Waals surface area contributed by atoms with E-state index in [1.165, 1.54) is 11.2 Å². The third-order valence-electron chi connectivity index (χ3n) is 4.78. The van der Waals surface area contributed by atoms with E-state index in [-0.39, 0.29) is 0 Å². The highest BCUT2D eigenvalue weighted by molar-refractivity contribution is 5.94. The topological polar surface area (TPSA) is 66.6 Å². The number of benzene rings is 1. The van der Waals surface area contributed by atoms with Crippen LogP contribution in [0.4, 0.5) is 19.0 Å². The van der Waals surface area contributed by atoms with Crippen LogP contribution in [-0.4, -0.2) is 56.6 Å². The SMILES string of the molecule is CCc1cc(N2CCN(C(=O)c3cc(F)c(F)cc3F)CC2)n2ncnc2n1. The fraction of sp³-hybridized carbons (Fsp3) is 0.333. The molecule has 7 nitrogen and oxygen atoms in total. The Kier molecular flexibility index (Phi) is 4.62. The predicted molar refractivity (Wildman–Crippen MR) is 94.6 cm³/mol. The second-order valence-corrected chi connectivity index (χ2v) is 6.46. The Morgan fingerprint density at radius 3 is 2.46 bits per heavy atom. The first-order valence-electron chi connectivity index (χ1n) is 8.86. The fourth-order valence-electron chi connectivity index (χ4n) is 3.25. The third kappa shape index (κ3) is 3.14. The molecule has 146 valence electrons. The molecular weight excluding hydrogens is 373 g/mol. The number of carbonyl (C=O) groups is 1. The summed E-state index contributed by atoms with van der Waals surface area (Å²) >= 11 is 0. The van der Waals surface area contributed by atoms with Gasteiger partial charge in [-0.25, -0.2) is 18.2 Å². The number of amides is 1. The van der Waals surface area contributed by atoms with Crippen LogP contribution in [-0.2, 0) is 6.42 Å². The summed E-state index contributed by atoms with van der Waals surface area (Å²) in [7, 11) is 0. The molecule has 1 aromatic carbocycles. The van der Waals surface area contributed by atoms with Gasteiger partial charge >= 0.3 is 0 Å². The molecule has 0 saturated carbocycles. The zero-order valence-corrected chi connectivity index (χ0v) is 15.1. The molecule has 0 atom stereocenters. The maximum absolute atomic E-state index is 13.9. The van der Waals surface area contributed by atoms with Crippen molar-refractivity contribution in [2.24, 2.45) is 0 Å². The van der Waals surface area contributed by atoms with Crippen molar-refractivity contribution in [2.75, 3.05) is 31.1 Å². The van der Waals surface area contributed by atoms with E-state index in [9.17, 15) is 18.0 Å². The molecule has 10 heteroatoms. The maximum Gasteiger partial charge on any atom is 0.257 e. The van der Waals surface area contributed by atoms with Crippen molar-refractivity contribution in [1.82, 2.24) is 24.5 Å². The lowest BCUT2D eigenvalue weighted by molar-refractivity contribution is 0.0741. The van der Waals surface area contributed by atoms with Gasteiger partial charge in [-0.2, -0.15) is 14.6 Å². The molecule has 1 aliphatic rings. The second-order valence-electron chi connectivity index (χ2n) is 6.46. The minimum atomic E-state index is -1.32. The van der Waals surface area contributed by atoms with Gasteiger partial charge in [0, 0.05) is 44.0 Å². The summed E-state index contributed by atoms with van der Waals surface area (Å²) in [5, 5.41) is 4.19. The van der Waals surface area contributed by atoms with Crippen LogP contribution < -0.4 is 4.90 Å². The Balaban J connectivity index is 1.53. The third-order valence-corrected chi connectivity index (χ3v) is 4.78. The van der Waals surface area contributed by atoms with E-state index in [0.29, 0.717) is 44.1 Å². The number of piperazine rings is 1. The van der Waals surface area contributed by atoms with Crippen LogP contribution in [0.5, 0.6) is 0 Å². The van der Waals surface area contributed by atoms with Gasteiger partial charge in [-0.05, 0) is 12.5 Å². The average molecular weight is 390 g/mol. The standard InChI is InChI=1S/C18H17F3N6O/c1-2-11-7-16(27-18(24-11)22-10-23-27)25-3-5-26(6-4-25)17(28)12-8-14(20)15(21)9-13(12)19/h7-10H,2-6H2,1H3. The van der Waals surface area contributed by atoms with Crippen LogP contribution in [0.25, 0.3) is 5.78 Å². The monoisotopic (exact) mass is 390 g/mol. The Morgan fingerprint density at radius 2 is 1.75 bits per heavy atom. The molecule has 3 heterocycles. The molecule has 1 fully saturated rings. The highest BCUT2D eigenvalue weighted by atomic mass is 19.2. The zero-order chi connectivity index (χ0) is 19.8. The Hall–Kier alpha value is -3.17. The van der Waals surface area contributed by atoms with Gasteiger partial charge in [-0.1, -0.05) is 6.92 Å². The molecule has 0 unspecified atom stereocenters. The van der Waals surface area contributed by atoms with Crippen molar-refractivity contribution in [3.8, 4) is 0 Å². The maximum atomic E-state index is 13.9. The molecule has 28 heavy (non-hydrogen) atoms. The van der Waals surface area contributed by atoms with E-state index in [1.807, 2.05) is 17.9 Å². The normalized spacial score (nSPS) is 14.7. The van der Waals surface area contributed by atoms with E-state index in [1.54, 1.807) is 4.52 Å². The van der Waals surface area contributed by atoms with E-state index < -0.39 is 28.9 Å². The van der Waals surface area contributed by atoms with E-state index >= 15 is 0 Å². The lowest BCUT2D eigenvalue weighted by Gasteiger charge is -2.36. The van der Waals surface area contributed by atoms with Gasteiger partial charge in [-0.3, -0.25) is 4.79 Å². The molecule has 4 rings (SSSR count). The second kappa shape index (κ2) is 7.10. The number of halogens is 3. The van der Waals surface area contributed by atoms with Gasteiger partial charge in [0.1, 0.15) is 18.0 Å². The first kappa shape index (κ1) is 18.2. The largest absolute Gasteiger partial charge is 0.353 e. The number of anilines is 1. The van der Waals surface area contributed by atoms with Crippen molar-refractivity contribution in [1.29, 1.82) is 0 Å². The Morgan fingerprint density at radius 1 is 1.04 bits per heavy atom. The number of hydrogen-bond donors (Lipinski definition) is 0. The fourth-order valence-corrected chi connectivity index (χ4v) is 3.25. The summed E-state index contributed by atoms with van der Waals surface area (Å²) < 4.78 is 42.1. The van der Waals surface area contributed by atoms with Crippen LogP contribution in [0.2, 0.25) is 0 Å². The molecule has 2 aromatic heterocycles. The van der Waals surface area contributed by atoms with Gasteiger partial charge in [0.25, 0.3) is 11.7 Å². The summed E-state index contributed by atoms with van der Waals surface area (Å²) in [5.74, 6) is -2.99. The van der Waals surface area contributed by atoms with E-state index in [2.05, 4.69) is 15.1 Å².